The lowest BCUT2D eigenvalue weighted by Crippen LogP contribution is -2.44. The topological polar surface area (TPSA) is 58.1 Å². The van der Waals surface area contributed by atoms with Crippen LogP contribution in [-0.4, -0.2) is 39.3 Å². The van der Waals surface area contributed by atoms with Gasteiger partial charge < -0.3 is 10.2 Å². The molecule has 0 bridgehead atoms. The lowest BCUT2D eigenvalue weighted by molar-refractivity contribution is -0.131. The summed E-state index contributed by atoms with van der Waals surface area (Å²) in [5.41, 5.74) is 0. The number of aryl methyl sites for hydroxylation is 1. The van der Waals surface area contributed by atoms with Crippen LogP contribution in [0.4, 0.5) is 5.13 Å². The Morgan fingerprint density at radius 1 is 1.42 bits per heavy atom. The summed E-state index contributed by atoms with van der Waals surface area (Å²) in [5, 5.41) is 4.02. The lowest BCUT2D eigenvalue weighted by atomic mass is 10.0. The standard InChI is InChI=1S/C13H22N4OS/c1-4-10-14-13(19-16-10)15-11(9(2)3)12(18)17-7-5-6-8-17/h9,11H,4-8H2,1-3H3,(H,14,15,16)/t11-/m0/s1. The number of nitrogens with one attached hydrogen (secondary N) is 1. The van der Waals surface area contributed by atoms with Crippen LogP contribution in [0.3, 0.4) is 0 Å². The van der Waals surface area contributed by atoms with Gasteiger partial charge in [-0.1, -0.05) is 20.8 Å². The van der Waals surface area contributed by atoms with Gasteiger partial charge in [0, 0.05) is 31.0 Å². The molecule has 1 atom stereocenters. The van der Waals surface area contributed by atoms with Gasteiger partial charge in [-0.05, 0) is 18.8 Å². The van der Waals surface area contributed by atoms with Gasteiger partial charge in [-0.25, -0.2) is 4.98 Å². The van der Waals surface area contributed by atoms with Gasteiger partial charge in [0.25, 0.3) is 0 Å². The van der Waals surface area contributed by atoms with Crippen LogP contribution in [0.2, 0.25) is 0 Å². The van der Waals surface area contributed by atoms with Gasteiger partial charge in [-0.3, -0.25) is 4.79 Å². The maximum atomic E-state index is 12.5. The zero-order chi connectivity index (χ0) is 13.8. The lowest BCUT2D eigenvalue weighted by Gasteiger charge is -2.26. The van der Waals surface area contributed by atoms with E-state index in [1.165, 1.54) is 11.5 Å². The Morgan fingerprint density at radius 2 is 2.11 bits per heavy atom. The number of anilines is 1. The maximum absolute atomic E-state index is 12.5. The molecule has 0 radical (unpaired) electrons. The van der Waals surface area contributed by atoms with E-state index in [0.717, 1.165) is 43.3 Å². The van der Waals surface area contributed by atoms with E-state index in [2.05, 4.69) is 28.5 Å². The molecule has 5 nitrogen and oxygen atoms in total. The second kappa shape index (κ2) is 6.32. The van der Waals surface area contributed by atoms with Crippen molar-refractivity contribution in [1.82, 2.24) is 14.3 Å². The number of rotatable bonds is 5. The van der Waals surface area contributed by atoms with Crippen LogP contribution in [0.1, 0.15) is 39.4 Å². The van der Waals surface area contributed by atoms with E-state index in [1.54, 1.807) is 0 Å². The Morgan fingerprint density at radius 3 is 2.63 bits per heavy atom. The number of hydrogen-bond donors (Lipinski definition) is 1. The molecule has 1 N–H and O–H groups in total. The molecule has 1 amide bonds. The predicted octanol–water partition coefficient (Wildman–Crippen LogP) is 2.16. The maximum Gasteiger partial charge on any atom is 0.245 e. The largest absolute Gasteiger partial charge is 0.348 e. The molecule has 1 fully saturated rings. The summed E-state index contributed by atoms with van der Waals surface area (Å²) in [5.74, 6) is 1.27. The summed E-state index contributed by atoms with van der Waals surface area (Å²) in [6, 6.07) is -0.198. The molecule has 0 aromatic carbocycles. The van der Waals surface area contributed by atoms with Crippen LogP contribution in [0.5, 0.6) is 0 Å². The second-order valence-electron chi connectivity index (χ2n) is 5.27. The van der Waals surface area contributed by atoms with Crippen molar-refractivity contribution >= 4 is 22.6 Å². The van der Waals surface area contributed by atoms with E-state index in [9.17, 15) is 4.79 Å². The molecule has 0 saturated carbocycles. The predicted molar refractivity (Wildman–Crippen MR) is 77.3 cm³/mol. The first-order valence-corrected chi connectivity index (χ1v) is 7.77. The number of amides is 1. The summed E-state index contributed by atoms with van der Waals surface area (Å²) >= 11 is 1.34. The number of aromatic nitrogens is 2. The van der Waals surface area contributed by atoms with Crippen LogP contribution >= 0.6 is 11.5 Å². The summed E-state index contributed by atoms with van der Waals surface area (Å²) < 4.78 is 4.25. The molecule has 2 rings (SSSR count). The van der Waals surface area contributed by atoms with Gasteiger partial charge in [0.1, 0.15) is 11.9 Å². The fourth-order valence-corrected chi connectivity index (χ4v) is 2.92. The Kier molecular flexibility index (Phi) is 4.74. The van der Waals surface area contributed by atoms with Gasteiger partial charge in [-0.15, -0.1) is 0 Å². The monoisotopic (exact) mass is 282 g/mol. The molecule has 2 heterocycles. The van der Waals surface area contributed by atoms with E-state index in [4.69, 9.17) is 0 Å². The van der Waals surface area contributed by atoms with Crippen LogP contribution in [0, 0.1) is 5.92 Å². The Hall–Kier alpha value is -1.17. The minimum atomic E-state index is -0.198. The van der Waals surface area contributed by atoms with Crippen LogP contribution < -0.4 is 5.32 Å². The molecule has 6 heteroatoms. The quantitative estimate of drug-likeness (QED) is 0.899. The average molecular weight is 282 g/mol. The molecule has 0 aliphatic carbocycles. The SMILES string of the molecule is CCc1nsc(N[C@H](C(=O)N2CCCC2)C(C)C)n1. The number of hydrogen-bond acceptors (Lipinski definition) is 5. The first-order chi connectivity index (χ1) is 9.11. The number of carbonyl (C=O) groups is 1. The molecule has 1 aromatic heterocycles. The van der Waals surface area contributed by atoms with Crippen LogP contribution in [0.25, 0.3) is 0 Å². The first-order valence-electron chi connectivity index (χ1n) is 6.99. The van der Waals surface area contributed by atoms with Crippen LogP contribution in [-0.2, 0) is 11.2 Å². The minimum absolute atomic E-state index is 0.195. The summed E-state index contributed by atoms with van der Waals surface area (Å²) in [7, 11) is 0. The van der Waals surface area contributed by atoms with E-state index in [0.29, 0.717) is 0 Å². The van der Waals surface area contributed by atoms with Gasteiger partial charge in [-0.2, -0.15) is 4.37 Å². The van der Waals surface area contributed by atoms with E-state index >= 15 is 0 Å². The third-order valence-corrected chi connectivity index (χ3v) is 4.10. The Labute approximate surface area is 118 Å². The molecule has 1 aliphatic heterocycles. The van der Waals surface area contributed by atoms with Crippen molar-refractivity contribution in [2.24, 2.45) is 5.92 Å². The summed E-state index contributed by atoms with van der Waals surface area (Å²) in [6.45, 7) is 7.93. The van der Waals surface area contributed by atoms with Gasteiger partial charge in [0.15, 0.2) is 0 Å². The number of likely N-dealkylation sites (tertiary alicyclic amines) is 1. The van der Waals surface area contributed by atoms with E-state index in [-0.39, 0.29) is 17.9 Å². The van der Waals surface area contributed by atoms with Gasteiger partial charge >= 0.3 is 0 Å². The van der Waals surface area contributed by atoms with Crippen molar-refractivity contribution in [3.63, 3.8) is 0 Å². The van der Waals surface area contributed by atoms with Crippen molar-refractivity contribution in [3.05, 3.63) is 5.82 Å². The molecule has 0 unspecified atom stereocenters. The average Bonchev–Trinajstić information content (AvgIpc) is 3.05. The van der Waals surface area contributed by atoms with Gasteiger partial charge in [0.2, 0.25) is 11.0 Å². The van der Waals surface area contributed by atoms with E-state index in [1.807, 2.05) is 11.8 Å². The summed E-state index contributed by atoms with van der Waals surface area (Å²) in [6.07, 6.45) is 3.06. The van der Waals surface area contributed by atoms with Crippen LogP contribution in [0.15, 0.2) is 0 Å². The van der Waals surface area contributed by atoms with E-state index < -0.39 is 0 Å². The highest BCUT2D eigenvalue weighted by Gasteiger charge is 2.29. The molecular weight excluding hydrogens is 260 g/mol. The fraction of sp³-hybridized carbons (Fsp3) is 0.769. The molecule has 0 spiro atoms. The highest BCUT2D eigenvalue weighted by Crippen LogP contribution is 2.19. The Bertz CT molecular complexity index is 426. The third-order valence-electron chi connectivity index (χ3n) is 3.41. The van der Waals surface area contributed by atoms with Crippen molar-refractivity contribution in [1.29, 1.82) is 0 Å². The van der Waals surface area contributed by atoms with Crippen molar-refractivity contribution in [3.8, 4) is 0 Å². The smallest absolute Gasteiger partial charge is 0.245 e. The number of carbonyl (C=O) groups excluding carboxylic acids is 1. The first kappa shape index (κ1) is 14.2. The minimum Gasteiger partial charge on any atom is -0.348 e. The second-order valence-corrected chi connectivity index (χ2v) is 6.02. The molecule has 1 aromatic rings. The van der Waals surface area contributed by atoms with Crippen molar-refractivity contribution in [2.75, 3.05) is 18.4 Å². The highest BCUT2D eigenvalue weighted by atomic mass is 32.1. The fourth-order valence-electron chi connectivity index (χ4n) is 2.24. The zero-order valence-electron chi connectivity index (χ0n) is 11.8. The third kappa shape index (κ3) is 3.43. The zero-order valence-corrected chi connectivity index (χ0v) is 12.7. The molecular formula is C13H22N4OS. The molecule has 1 aliphatic rings. The highest BCUT2D eigenvalue weighted by molar-refractivity contribution is 7.09. The Balaban J connectivity index is 2.04. The molecule has 1 saturated heterocycles. The van der Waals surface area contributed by atoms with Gasteiger partial charge in [0.05, 0.1) is 0 Å². The summed E-state index contributed by atoms with van der Waals surface area (Å²) in [4.78, 5) is 18.8. The van der Waals surface area contributed by atoms with Crippen molar-refractivity contribution < 1.29 is 4.79 Å². The van der Waals surface area contributed by atoms with Crippen molar-refractivity contribution in [2.45, 2.75) is 46.1 Å². The molecule has 106 valence electrons. The molecule has 19 heavy (non-hydrogen) atoms. The number of nitrogens with zero attached hydrogens (tertiary/aromatic N) is 3. The normalized spacial score (nSPS) is 16.9.